The molecule has 0 amide bonds. The van der Waals surface area contributed by atoms with Crippen LogP contribution in [0.15, 0.2) is 35.2 Å². The van der Waals surface area contributed by atoms with Crippen LogP contribution in [0.1, 0.15) is 36.0 Å². The average molecular weight is 494 g/mol. The van der Waals surface area contributed by atoms with Gasteiger partial charge in [-0.2, -0.15) is 4.31 Å². The molecule has 2 heterocycles. The zero-order valence-corrected chi connectivity index (χ0v) is 20.4. The maximum absolute atomic E-state index is 13.0. The number of fused-ring (bicyclic) bond motifs is 1. The maximum Gasteiger partial charge on any atom is 0.309 e. The lowest BCUT2D eigenvalue weighted by Crippen LogP contribution is -2.40. The zero-order valence-electron chi connectivity index (χ0n) is 18.8. The molecule has 1 saturated heterocycles. The quantitative estimate of drug-likeness (QED) is 0.579. The van der Waals surface area contributed by atoms with E-state index >= 15 is 0 Å². The summed E-state index contributed by atoms with van der Waals surface area (Å²) in [5.41, 5.74) is 2.70. The van der Waals surface area contributed by atoms with Crippen molar-refractivity contribution in [3.63, 3.8) is 0 Å². The number of carbonyl (C=O) groups excluding carboxylic acids is 1. The SMILES string of the molecule is Cc1ccc(S(=O)(=O)N2CCC(C(=O)OCc3cc(Cl)c4c(c3)OCCCO4)CC2)cc1C. The van der Waals surface area contributed by atoms with E-state index in [9.17, 15) is 13.2 Å². The third kappa shape index (κ3) is 5.28. The predicted octanol–water partition coefficient (Wildman–Crippen LogP) is 4.26. The number of sulfonamides is 1. The number of carbonyl (C=O) groups is 1. The monoisotopic (exact) mass is 493 g/mol. The standard InChI is InChI=1S/C24H28ClNO6S/c1-16-4-5-20(12-17(16)2)33(28,29)26-8-6-19(7-9-26)24(27)32-15-18-13-21(25)23-22(14-18)30-10-3-11-31-23/h4-5,12-14,19H,3,6-11,15H2,1-2H3. The Labute approximate surface area is 199 Å². The zero-order chi connectivity index (χ0) is 23.6. The van der Waals surface area contributed by atoms with Gasteiger partial charge in [0.25, 0.3) is 0 Å². The second-order valence-electron chi connectivity index (χ2n) is 8.49. The fraction of sp³-hybridized carbons (Fsp3) is 0.458. The van der Waals surface area contributed by atoms with E-state index in [1.54, 1.807) is 24.3 Å². The highest BCUT2D eigenvalue weighted by atomic mass is 35.5. The molecule has 2 aliphatic heterocycles. The molecule has 0 atom stereocenters. The lowest BCUT2D eigenvalue weighted by atomic mass is 9.98. The van der Waals surface area contributed by atoms with E-state index in [0.717, 1.165) is 17.5 Å². The number of benzene rings is 2. The van der Waals surface area contributed by atoms with Gasteiger partial charge in [0.15, 0.2) is 11.5 Å². The molecule has 2 aromatic rings. The van der Waals surface area contributed by atoms with Crippen LogP contribution in [0.5, 0.6) is 11.5 Å². The first-order chi connectivity index (χ1) is 15.8. The molecule has 2 aliphatic rings. The smallest absolute Gasteiger partial charge is 0.309 e. The van der Waals surface area contributed by atoms with Gasteiger partial charge >= 0.3 is 5.97 Å². The van der Waals surface area contributed by atoms with Gasteiger partial charge in [0.05, 0.1) is 29.0 Å². The molecule has 0 bridgehead atoms. The molecule has 0 aliphatic carbocycles. The van der Waals surface area contributed by atoms with Gasteiger partial charge in [-0.15, -0.1) is 0 Å². The van der Waals surface area contributed by atoms with Gasteiger partial charge in [-0.25, -0.2) is 8.42 Å². The Bertz CT molecular complexity index is 1140. The number of nitrogens with zero attached hydrogens (tertiary/aromatic N) is 1. The van der Waals surface area contributed by atoms with Crippen LogP contribution in [0, 0.1) is 19.8 Å². The second-order valence-corrected chi connectivity index (χ2v) is 10.8. The number of esters is 1. The minimum absolute atomic E-state index is 0.0658. The van der Waals surface area contributed by atoms with Crippen molar-refractivity contribution in [1.29, 1.82) is 0 Å². The van der Waals surface area contributed by atoms with Gasteiger partial charge in [-0.05, 0) is 67.6 Å². The molecule has 0 radical (unpaired) electrons. The first-order valence-electron chi connectivity index (χ1n) is 11.1. The van der Waals surface area contributed by atoms with Crippen LogP contribution in [0.25, 0.3) is 0 Å². The Morgan fingerprint density at radius 3 is 2.55 bits per heavy atom. The average Bonchev–Trinajstić information content (AvgIpc) is 3.05. The third-order valence-corrected chi connectivity index (χ3v) is 8.32. The molecule has 33 heavy (non-hydrogen) atoms. The number of rotatable bonds is 5. The van der Waals surface area contributed by atoms with E-state index < -0.39 is 10.0 Å². The number of hydrogen-bond acceptors (Lipinski definition) is 6. The van der Waals surface area contributed by atoms with Crippen LogP contribution < -0.4 is 9.47 Å². The van der Waals surface area contributed by atoms with E-state index in [1.165, 1.54) is 4.31 Å². The van der Waals surface area contributed by atoms with E-state index in [-0.39, 0.29) is 36.5 Å². The van der Waals surface area contributed by atoms with Crippen LogP contribution in [-0.4, -0.2) is 45.0 Å². The molecule has 9 heteroatoms. The largest absolute Gasteiger partial charge is 0.489 e. The summed E-state index contributed by atoms with van der Waals surface area (Å²) in [4.78, 5) is 12.9. The van der Waals surface area contributed by atoms with Crippen molar-refractivity contribution >= 4 is 27.6 Å². The summed E-state index contributed by atoms with van der Waals surface area (Å²) in [5, 5.41) is 0.422. The molecule has 0 saturated carbocycles. The van der Waals surface area contributed by atoms with Crippen molar-refractivity contribution in [2.45, 2.75) is 44.6 Å². The lowest BCUT2D eigenvalue weighted by molar-refractivity contribution is -0.151. The molecule has 0 N–H and O–H groups in total. The Hall–Kier alpha value is -2.29. The third-order valence-electron chi connectivity index (χ3n) is 6.15. The molecular formula is C24H28ClNO6S. The molecule has 0 unspecified atom stereocenters. The van der Waals surface area contributed by atoms with Crippen molar-refractivity contribution in [3.8, 4) is 11.5 Å². The molecule has 7 nitrogen and oxygen atoms in total. The molecule has 1 fully saturated rings. The maximum atomic E-state index is 13.0. The first kappa shape index (κ1) is 23.9. The van der Waals surface area contributed by atoms with Crippen LogP contribution in [0.2, 0.25) is 5.02 Å². The fourth-order valence-corrected chi connectivity index (χ4v) is 5.84. The van der Waals surface area contributed by atoms with Crippen molar-refractivity contribution in [2.75, 3.05) is 26.3 Å². The summed E-state index contributed by atoms with van der Waals surface area (Å²) >= 11 is 6.30. The molecule has 178 valence electrons. The number of piperidine rings is 1. The highest BCUT2D eigenvalue weighted by Crippen LogP contribution is 2.38. The lowest BCUT2D eigenvalue weighted by Gasteiger charge is -2.30. The Balaban J connectivity index is 1.34. The summed E-state index contributed by atoms with van der Waals surface area (Å²) in [5.74, 6) is 0.394. The van der Waals surface area contributed by atoms with Gasteiger partial charge in [0.1, 0.15) is 6.61 Å². The summed E-state index contributed by atoms with van der Waals surface area (Å²) in [6.45, 7) is 5.55. The fourth-order valence-electron chi connectivity index (χ4n) is 4.00. The van der Waals surface area contributed by atoms with E-state index in [2.05, 4.69) is 0 Å². The van der Waals surface area contributed by atoms with Crippen molar-refractivity contribution < 1.29 is 27.4 Å². The normalized spacial score (nSPS) is 17.4. The van der Waals surface area contributed by atoms with Gasteiger partial charge in [0, 0.05) is 19.5 Å². The van der Waals surface area contributed by atoms with Crippen molar-refractivity contribution in [1.82, 2.24) is 4.31 Å². The van der Waals surface area contributed by atoms with Crippen LogP contribution in [-0.2, 0) is 26.2 Å². The van der Waals surface area contributed by atoms with Crippen molar-refractivity contribution in [2.24, 2.45) is 5.92 Å². The van der Waals surface area contributed by atoms with Crippen LogP contribution >= 0.6 is 11.6 Å². The highest BCUT2D eigenvalue weighted by Gasteiger charge is 2.33. The predicted molar refractivity (Wildman–Crippen MR) is 124 cm³/mol. The van der Waals surface area contributed by atoms with E-state index in [0.29, 0.717) is 48.1 Å². The second kappa shape index (κ2) is 9.91. The number of ether oxygens (including phenoxy) is 3. The summed E-state index contributed by atoms with van der Waals surface area (Å²) in [6.07, 6.45) is 1.61. The molecule has 2 aromatic carbocycles. The minimum Gasteiger partial charge on any atom is -0.489 e. The van der Waals surface area contributed by atoms with Gasteiger partial charge in [0.2, 0.25) is 10.0 Å². The molecular weight excluding hydrogens is 466 g/mol. The Morgan fingerprint density at radius 2 is 1.82 bits per heavy atom. The summed E-state index contributed by atoms with van der Waals surface area (Å²) < 4.78 is 44.2. The van der Waals surface area contributed by atoms with Gasteiger partial charge < -0.3 is 14.2 Å². The number of aryl methyl sites for hydroxylation is 2. The summed E-state index contributed by atoms with van der Waals surface area (Å²) in [7, 11) is -3.58. The summed E-state index contributed by atoms with van der Waals surface area (Å²) in [6, 6.07) is 8.64. The topological polar surface area (TPSA) is 82.1 Å². The number of hydrogen-bond donors (Lipinski definition) is 0. The minimum atomic E-state index is -3.58. The molecule has 4 rings (SSSR count). The highest BCUT2D eigenvalue weighted by molar-refractivity contribution is 7.89. The first-order valence-corrected chi connectivity index (χ1v) is 12.9. The molecule has 0 aromatic heterocycles. The van der Waals surface area contributed by atoms with E-state index in [4.69, 9.17) is 25.8 Å². The Kier molecular flexibility index (Phi) is 7.16. The van der Waals surface area contributed by atoms with Crippen molar-refractivity contribution in [3.05, 3.63) is 52.0 Å². The Morgan fingerprint density at radius 1 is 1.09 bits per heavy atom. The van der Waals surface area contributed by atoms with Gasteiger partial charge in [-0.1, -0.05) is 17.7 Å². The van der Waals surface area contributed by atoms with Crippen LogP contribution in [0.4, 0.5) is 0 Å². The van der Waals surface area contributed by atoms with E-state index in [1.807, 2.05) is 19.9 Å². The van der Waals surface area contributed by atoms with Crippen LogP contribution in [0.3, 0.4) is 0 Å². The number of halogens is 1. The van der Waals surface area contributed by atoms with Gasteiger partial charge in [-0.3, -0.25) is 4.79 Å². The molecule has 0 spiro atoms.